The first-order valence-electron chi connectivity index (χ1n) is 10.9. The fraction of sp³-hybridized carbons (Fsp3) is 0.750. The predicted molar refractivity (Wildman–Crippen MR) is 109 cm³/mol. The topological polar surface area (TPSA) is 40.5 Å². The molecule has 0 radical (unpaired) electrons. The van der Waals surface area contributed by atoms with E-state index in [0.29, 0.717) is 22.3 Å². The monoisotopic (exact) mass is 358 g/mol. The fourth-order valence-corrected chi connectivity index (χ4v) is 4.08. The lowest BCUT2D eigenvalue weighted by molar-refractivity contribution is 0.442. The van der Waals surface area contributed by atoms with Crippen LogP contribution in [0.4, 0.5) is 0 Å². The summed E-state index contributed by atoms with van der Waals surface area (Å²) >= 11 is 0. The van der Waals surface area contributed by atoms with Crippen molar-refractivity contribution in [2.45, 2.75) is 104 Å². The summed E-state index contributed by atoms with van der Waals surface area (Å²) in [6.07, 6.45) is 17.3. The van der Waals surface area contributed by atoms with Crippen molar-refractivity contribution in [3.63, 3.8) is 0 Å². The molecular weight excluding hydrogens is 320 g/mol. The maximum absolute atomic E-state index is 10.3. The standard InChI is InChI=1S/C24H38O2/c1-23(13-14-23)11-7-3-5-9-19-17-22(26)20(18-21(19)25)10-6-4-8-12-24(2)15-16-24/h17-18,25-26H,3-16H2,1-2H3. The third-order valence-electron chi connectivity index (χ3n) is 6.94. The van der Waals surface area contributed by atoms with Crippen LogP contribution in [0, 0.1) is 10.8 Å². The number of rotatable bonds is 12. The van der Waals surface area contributed by atoms with Gasteiger partial charge in [0.15, 0.2) is 0 Å². The Balaban J connectivity index is 1.36. The molecule has 0 spiro atoms. The molecule has 0 aliphatic heterocycles. The Kier molecular flexibility index (Phi) is 6.20. The second kappa shape index (κ2) is 8.23. The molecule has 0 heterocycles. The number of phenols is 2. The van der Waals surface area contributed by atoms with Crippen molar-refractivity contribution in [1.29, 1.82) is 0 Å². The number of aromatic hydroxyl groups is 2. The van der Waals surface area contributed by atoms with Crippen molar-refractivity contribution < 1.29 is 10.2 Å². The van der Waals surface area contributed by atoms with E-state index in [-0.39, 0.29) is 0 Å². The molecule has 2 N–H and O–H groups in total. The Morgan fingerprint density at radius 2 is 1.04 bits per heavy atom. The third-order valence-corrected chi connectivity index (χ3v) is 6.94. The number of unbranched alkanes of at least 4 members (excludes halogenated alkanes) is 4. The minimum atomic E-state index is 0.373. The summed E-state index contributed by atoms with van der Waals surface area (Å²) in [5.41, 5.74) is 3.12. The van der Waals surface area contributed by atoms with Crippen LogP contribution in [0.2, 0.25) is 0 Å². The van der Waals surface area contributed by atoms with Gasteiger partial charge in [0.2, 0.25) is 0 Å². The number of hydrogen-bond donors (Lipinski definition) is 2. The van der Waals surface area contributed by atoms with E-state index in [1.54, 1.807) is 12.1 Å². The fourth-order valence-electron chi connectivity index (χ4n) is 4.08. The average Bonchev–Trinajstić information content (AvgIpc) is 3.51. The summed E-state index contributed by atoms with van der Waals surface area (Å²) < 4.78 is 0. The Morgan fingerprint density at radius 1 is 0.654 bits per heavy atom. The van der Waals surface area contributed by atoms with Gasteiger partial charge in [-0.05, 0) is 98.3 Å². The molecule has 2 aliphatic rings. The highest BCUT2D eigenvalue weighted by Crippen LogP contribution is 2.49. The Bertz CT molecular complexity index is 543. The van der Waals surface area contributed by atoms with Crippen molar-refractivity contribution in [2.75, 3.05) is 0 Å². The van der Waals surface area contributed by atoms with E-state index in [1.807, 2.05) is 0 Å². The molecule has 0 saturated heterocycles. The lowest BCUT2D eigenvalue weighted by Crippen LogP contribution is -1.95. The molecule has 26 heavy (non-hydrogen) atoms. The van der Waals surface area contributed by atoms with E-state index in [4.69, 9.17) is 0 Å². The predicted octanol–water partition coefficient (Wildman–Crippen LogP) is 6.90. The van der Waals surface area contributed by atoms with Gasteiger partial charge in [-0.25, -0.2) is 0 Å². The van der Waals surface area contributed by atoms with Crippen LogP contribution in [0.1, 0.15) is 102 Å². The van der Waals surface area contributed by atoms with Crippen molar-refractivity contribution in [1.82, 2.24) is 0 Å². The molecule has 0 atom stereocenters. The quantitative estimate of drug-likeness (QED) is 0.315. The minimum Gasteiger partial charge on any atom is -0.508 e. The van der Waals surface area contributed by atoms with Gasteiger partial charge in [-0.3, -0.25) is 0 Å². The molecule has 3 rings (SSSR count). The molecule has 0 unspecified atom stereocenters. The second-order valence-electron chi connectivity index (χ2n) is 9.85. The summed E-state index contributed by atoms with van der Waals surface area (Å²) in [5.74, 6) is 0.745. The van der Waals surface area contributed by atoms with Crippen LogP contribution in [-0.4, -0.2) is 10.2 Å². The summed E-state index contributed by atoms with van der Waals surface area (Å²) in [5, 5.41) is 20.6. The zero-order chi connectivity index (χ0) is 18.6. The molecule has 0 aromatic heterocycles. The lowest BCUT2D eigenvalue weighted by Gasteiger charge is -2.11. The number of hydrogen-bond acceptors (Lipinski definition) is 2. The van der Waals surface area contributed by atoms with E-state index in [0.717, 1.165) is 36.8 Å². The van der Waals surface area contributed by atoms with Gasteiger partial charge < -0.3 is 10.2 Å². The highest BCUT2D eigenvalue weighted by Gasteiger charge is 2.36. The molecule has 1 aromatic rings. The molecule has 0 bridgehead atoms. The van der Waals surface area contributed by atoms with Gasteiger partial charge in [-0.15, -0.1) is 0 Å². The molecule has 0 amide bonds. The summed E-state index contributed by atoms with van der Waals surface area (Å²) in [7, 11) is 0. The molecule has 2 saturated carbocycles. The van der Waals surface area contributed by atoms with Crippen LogP contribution in [0.3, 0.4) is 0 Å². The number of phenolic OH excluding ortho intramolecular Hbond substituents is 2. The normalized spacial score (nSPS) is 19.5. The van der Waals surface area contributed by atoms with Gasteiger partial charge in [0.25, 0.3) is 0 Å². The Labute approximate surface area is 160 Å². The SMILES string of the molecule is CC1(CCCCCc2cc(O)c(CCCCCC3(C)CC3)cc2O)CC1. The zero-order valence-electron chi connectivity index (χ0n) is 16.9. The van der Waals surface area contributed by atoms with Crippen molar-refractivity contribution in [3.8, 4) is 11.5 Å². The largest absolute Gasteiger partial charge is 0.508 e. The molecule has 2 nitrogen and oxygen atoms in total. The molecule has 146 valence electrons. The summed E-state index contributed by atoms with van der Waals surface area (Å²) in [4.78, 5) is 0. The van der Waals surface area contributed by atoms with Crippen LogP contribution in [-0.2, 0) is 12.8 Å². The highest BCUT2D eigenvalue weighted by molar-refractivity contribution is 5.45. The van der Waals surface area contributed by atoms with Gasteiger partial charge in [0.1, 0.15) is 11.5 Å². The number of aryl methyl sites for hydroxylation is 2. The van der Waals surface area contributed by atoms with E-state index >= 15 is 0 Å². The van der Waals surface area contributed by atoms with E-state index in [2.05, 4.69) is 13.8 Å². The number of benzene rings is 1. The van der Waals surface area contributed by atoms with Crippen LogP contribution in [0.15, 0.2) is 12.1 Å². The Hall–Kier alpha value is -1.18. The zero-order valence-corrected chi connectivity index (χ0v) is 16.9. The minimum absolute atomic E-state index is 0.373. The third kappa shape index (κ3) is 5.93. The van der Waals surface area contributed by atoms with Gasteiger partial charge in [-0.2, -0.15) is 0 Å². The van der Waals surface area contributed by atoms with E-state index in [9.17, 15) is 10.2 Å². The molecule has 1 aromatic carbocycles. The van der Waals surface area contributed by atoms with Crippen molar-refractivity contribution in [3.05, 3.63) is 23.3 Å². The maximum atomic E-state index is 10.3. The van der Waals surface area contributed by atoms with Crippen LogP contribution in [0.5, 0.6) is 11.5 Å². The van der Waals surface area contributed by atoms with Crippen LogP contribution < -0.4 is 0 Å². The molecular formula is C24H38O2. The first kappa shape index (κ1) is 19.6. The van der Waals surface area contributed by atoms with Gasteiger partial charge >= 0.3 is 0 Å². The average molecular weight is 359 g/mol. The highest BCUT2D eigenvalue weighted by atomic mass is 16.3. The van der Waals surface area contributed by atoms with Crippen LogP contribution >= 0.6 is 0 Å². The van der Waals surface area contributed by atoms with Crippen LogP contribution in [0.25, 0.3) is 0 Å². The van der Waals surface area contributed by atoms with Gasteiger partial charge in [0.05, 0.1) is 0 Å². The van der Waals surface area contributed by atoms with Gasteiger partial charge in [0, 0.05) is 0 Å². The molecule has 2 aliphatic carbocycles. The van der Waals surface area contributed by atoms with Crippen molar-refractivity contribution in [2.24, 2.45) is 10.8 Å². The summed E-state index contributed by atoms with van der Waals surface area (Å²) in [6, 6.07) is 3.61. The molecule has 2 fully saturated rings. The second-order valence-corrected chi connectivity index (χ2v) is 9.85. The molecule has 2 heteroatoms. The Morgan fingerprint density at radius 3 is 1.38 bits per heavy atom. The van der Waals surface area contributed by atoms with Gasteiger partial charge in [-0.1, -0.05) is 39.5 Å². The maximum Gasteiger partial charge on any atom is 0.119 e. The van der Waals surface area contributed by atoms with E-state index in [1.165, 1.54) is 64.2 Å². The van der Waals surface area contributed by atoms with E-state index < -0.39 is 0 Å². The first-order valence-corrected chi connectivity index (χ1v) is 10.9. The lowest BCUT2D eigenvalue weighted by atomic mass is 9.96. The smallest absolute Gasteiger partial charge is 0.119 e. The first-order chi connectivity index (χ1) is 12.4. The summed E-state index contributed by atoms with van der Waals surface area (Å²) in [6.45, 7) is 4.78. The van der Waals surface area contributed by atoms with Crippen molar-refractivity contribution >= 4 is 0 Å².